The van der Waals surface area contributed by atoms with Crippen LogP contribution in [0.5, 0.6) is 0 Å². The number of rotatable bonds is 10. The monoisotopic (exact) mass is 804 g/mol. The molecule has 11 N–H and O–H groups in total. The Morgan fingerprint density at radius 3 is 1.77 bits per heavy atom. The van der Waals surface area contributed by atoms with Crippen molar-refractivity contribution in [3.05, 3.63) is 12.2 Å². The number of hydrogen-bond acceptors (Lipinski definition) is 17. The highest BCUT2D eigenvalue weighted by Crippen LogP contribution is 2.73. The molecule has 18 nitrogen and oxygen atoms in total. The zero-order valence-electron chi connectivity index (χ0n) is 31.8. The van der Waals surface area contributed by atoms with Crippen molar-refractivity contribution in [1.82, 2.24) is 0 Å². The molecule has 56 heavy (non-hydrogen) atoms. The molecule has 3 saturated heterocycles. The second-order valence-corrected chi connectivity index (χ2v) is 18.0. The maximum absolute atomic E-state index is 12.6. The van der Waals surface area contributed by atoms with Crippen molar-refractivity contribution in [2.45, 2.75) is 169 Å². The third-order valence-electron chi connectivity index (χ3n) is 15.0. The number of aliphatic carboxylic acids is 1. The Balaban J connectivity index is 1.18. The molecular weight excluding hydrogens is 744 g/mol. The fourth-order valence-corrected chi connectivity index (χ4v) is 12.1. The van der Waals surface area contributed by atoms with Gasteiger partial charge in [-0.2, -0.15) is 0 Å². The maximum Gasteiger partial charge on any atom is 0.309 e. The van der Waals surface area contributed by atoms with E-state index in [0.29, 0.717) is 32.1 Å². The molecule has 0 amide bonds. The summed E-state index contributed by atoms with van der Waals surface area (Å²) < 4.78 is 36.3. The van der Waals surface area contributed by atoms with Crippen LogP contribution in [0.4, 0.5) is 0 Å². The van der Waals surface area contributed by atoms with Crippen molar-refractivity contribution in [1.29, 1.82) is 0 Å². The molecular formula is C38H60O18. The topological polar surface area (TPSA) is 295 Å². The molecule has 0 radical (unpaired) electrons. The summed E-state index contributed by atoms with van der Waals surface area (Å²) in [6.45, 7) is 6.30. The summed E-state index contributed by atoms with van der Waals surface area (Å²) in [5.41, 5.74) is -1.56. The fourth-order valence-electron chi connectivity index (χ4n) is 12.1. The average molecular weight is 805 g/mol. The van der Waals surface area contributed by atoms with Gasteiger partial charge in [-0.05, 0) is 86.5 Å². The Hall–Kier alpha value is -1.43. The summed E-state index contributed by atoms with van der Waals surface area (Å²) in [6, 6.07) is 0. The van der Waals surface area contributed by atoms with Gasteiger partial charge in [-0.15, -0.1) is 0 Å². The largest absolute Gasteiger partial charge is 0.481 e. The minimum Gasteiger partial charge on any atom is -0.481 e. The van der Waals surface area contributed by atoms with Gasteiger partial charge in [-0.3, -0.25) is 4.79 Å². The molecule has 21 atom stereocenters. The number of carbonyl (C=O) groups is 1. The van der Waals surface area contributed by atoms with Crippen LogP contribution in [-0.4, -0.2) is 180 Å². The summed E-state index contributed by atoms with van der Waals surface area (Å²) in [6.07, 6.45) is -18.9. The van der Waals surface area contributed by atoms with Crippen LogP contribution < -0.4 is 0 Å². The second kappa shape index (κ2) is 15.6. The van der Waals surface area contributed by atoms with Gasteiger partial charge in [0, 0.05) is 0 Å². The number of aliphatic hydroxyl groups excluding tert-OH is 10. The van der Waals surface area contributed by atoms with Crippen molar-refractivity contribution >= 4 is 5.97 Å². The molecule has 18 heteroatoms. The van der Waals surface area contributed by atoms with Crippen LogP contribution in [0, 0.1) is 28.1 Å². The van der Waals surface area contributed by atoms with Gasteiger partial charge in [0.2, 0.25) is 0 Å². The molecule has 0 aromatic carbocycles. The first kappa shape index (κ1) is 42.7. The second-order valence-electron chi connectivity index (χ2n) is 18.0. The molecule has 3 heterocycles. The van der Waals surface area contributed by atoms with E-state index < -0.39 is 129 Å². The molecule has 1 spiro atoms. The zero-order valence-corrected chi connectivity index (χ0v) is 31.8. The lowest BCUT2D eigenvalue weighted by molar-refractivity contribution is -0.395. The Morgan fingerprint density at radius 1 is 0.679 bits per heavy atom. The SMILES string of the molecule is C=C1C[C@@]23CC[C@H]4[C@@](C)(CCC[C@@]4(C)C(=O)O)[C@@H]2CC[C@]1(O[C@@H]1O[C@@H](CO)[C@@H](O[C@@H]2O[C@@H](CO)[C@@H](O)[C@H](O)[C@@H]2O)[C@H](O)[C@@H]1O[C@@H]1O[C@@H](CO)[C@@H](O)[C@H](O)[C@@H]1O)C3. The number of aliphatic hydroxyl groups is 10. The third-order valence-corrected chi connectivity index (χ3v) is 15.0. The summed E-state index contributed by atoms with van der Waals surface area (Å²) in [5, 5.41) is 116. The number of carboxylic acids is 1. The van der Waals surface area contributed by atoms with Crippen molar-refractivity contribution in [3.63, 3.8) is 0 Å². The van der Waals surface area contributed by atoms with E-state index in [1.165, 1.54) is 0 Å². The van der Waals surface area contributed by atoms with Gasteiger partial charge in [0.1, 0.15) is 73.2 Å². The molecule has 7 fully saturated rings. The first-order valence-electron chi connectivity index (χ1n) is 19.9. The highest BCUT2D eigenvalue weighted by molar-refractivity contribution is 5.75. The summed E-state index contributed by atoms with van der Waals surface area (Å²) >= 11 is 0. The van der Waals surface area contributed by atoms with Crippen LogP contribution in [0.25, 0.3) is 0 Å². The maximum atomic E-state index is 12.6. The normalized spacial score (nSPS) is 54.6. The van der Waals surface area contributed by atoms with Gasteiger partial charge >= 0.3 is 5.97 Å². The first-order valence-corrected chi connectivity index (χ1v) is 19.9. The summed E-state index contributed by atoms with van der Waals surface area (Å²) in [4.78, 5) is 12.6. The van der Waals surface area contributed by atoms with E-state index in [-0.39, 0.29) is 22.7 Å². The molecule has 4 saturated carbocycles. The minimum atomic E-state index is -1.89. The van der Waals surface area contributed by atoms with Crippen molar-refractivity contribution < 1.29 is 89.4 Å². The molecule has 0 unspecified atom stereocenters. The Morgan fingerprint density at radius 2 is 1.21 bits per heavy atom. The molecule has 4 aliphatic carbocycles. The van der Waals surface area contributed by atoms with Crippen LogP contribution in [0.3, 0.4) is 0 Å². The fraction of sp³-hybridized carbons (Fsp3) is 0.921. The summed E-state index contributed by atoms with van der Waals surface area (Å²) in [7, 11) is 0. The lowest BCUT2D eigenvalue weighted by atomic mass is 9.41. The first-order chi connectivity index (χ1) is 26.4. The van der Waals surface area contributed by atoms with E-state index in [1.54, 1.807) is 0 Å². The van der Waals surface area contributed by atoms with Gasteiger partial charge in [-0.1, -0.05) is 19.9 Å². The van der Waals surface area contributed by atoms with E-state index in [2.05, 4.69) is 13.5 Å². The zero-order chi connectivity index (χ0) is 40.7. The lowest BCUT2D eigenvalue weighted by Gasteiger charge is -2.64. The van der Waals surface area contributed by atoms with Crippen molar-refractivity contribution in [3.8, 4) is 0 Å². The standard InChI is InChI=1S/C38H60O18/c1-16-11-37-9-5-20-35(2,7-4-8-36(20,3)34(49)50)21(37)6-10-38(16,15-37)56-33-30(55-32-27(47)25(45)23(43)18(13-40)52-32)28(48)29(19(14-41)53-33)54-31-26(46)24(44)22(42)17(12-39)51-31/h17-33,39-48H,1,4-15H2,2-3H3,(H,49,50)/t17-,18-,19-,20-,21-,22+,23+,24-,25-,26-,27-,28-,29+,30-,31-,32-,33-,35+,36+,37+,38-/m0/s1. The Bertz CT molecular complexity index is 1450. The van der Waals surface area contributed by atoms with Crippen LogP contribution >= 0.6 is 0 Å². The predicted octanol–water partition coefficient (Wildman–Crippen LogP) is -2.37. The highest BCUT2D eigenvalue weighted by atomic mass is 16.8. The van der Waals surface area contributed by atoms with Crippen molar-refractivity contribution in [2.75, 3.05) is 19.8 Å². The van der Waals surface area contributed by atoms with Gasteiger partial charge < -0.3 is 84.6 Å². The highest BCUT2D eigenvalue weighted by Gasteiger charge is 2.69. The molecule has 7 aliphatic rings. The van der Waals surface area contributed by atoms with Gasteiger partial charge in [0.05, 0.1) is 30.8 Å². The Labute approximate surface area is 324 Å². The van der Waals surface area contributed by atoms with E-state index in [1.807, 2.05) is 6.92 Å². The average Bonchev–Trinajstić information content (AvgIpc) is 3.36. The summed E-state index contributed by atoms with van der Waals surface area (Å²) in [5.74, 6) is -0.582. The van der Waals surface area contributed by atoms with E-state index in [0.717, 1.165) is 31.3 Å². The Kier molecular flexibility index (Phi) is 11.9. The van der Waals surface area contributed by atoms with E-state index >= 15 is 0 Å². The number of carboxylic acid groups (broad SMARTS) is 1. The molecule has 3 aliphatic heterocycles. The number of fused-ring (bicyclic) bond motifs is 3. The molecule has 320 valence electrons. The number of ether oxygens (including phenoxy) is 6. The molecule has 7 rings (SSSR count). The van der Waals surface area contributed by atoms with Crippen LogP contribution in [0.15, 0.2) is 12.2 Å². The predicted molar refractivity (Wildman–Crippen MR) is 187 cm³/mol. The van der Waals surface area contributed by atoms with Crippen LogP contribution in [-0.2, 0) is 33.2 Å². The third kappa shape index (κ3) is 6.69. The van der Waals surface area contributed by atoms with Crippen LogP contribution in [0.2, 0.25) is 0 Å². The minimum absolute atomic E-state index is 0.00163. The van der Waals surface area contributed by atoms with Gasteiger partial charge in [0.25, 0.3) is 0 Å². The van der Waals surface area contributed by atoms with Crippen molar-refractivity contribution in [2.24, 2.45) is 28.1 Å². The number of hydrogen-bond donors (Lipinski definition) is 11. The van der Waals surface area contributed by atoms with Gasteiger partial charge in [-0.25, -0.2) is 0 Å². The molecule has 2 bridgehead atoms. The smallest absolute Gasteiger partial charge is 0.309 e. The molecule has 0 aromatic heterocycles. The van der Waals surface area contributed by atoms with Gasteiger partial charge in [0.15, 0.2) is 18.9 Å². The van der Waals surface area contributed by atoms with Crippen LogP contribution in [0.1, 0.15) is 71.6 Å². The quantitative estimate of drug-likeness (QED) is 0.0812. The lowest BCUT2D eigenvalue weighted by Crippen LogP contribution is -2.67. The van der Waals surface area contributed by atoms with E-state index in [9.17, 15) is 61.0 Å². The van der Waals surface area contributed by atoms with E-state index in [4.69, 9.17) is 28.4 Å². The molecule has 0 aromatic rings.